The minimum absolute atomic E-state index is 0.0761. The molecule has 1 unspecified atom stereocenters. The predicted molar refractivity (Wildman–Crippen MR) is 122 cm³/mol. The van der Waals surface area contributed by atoms with Crippen LogP contribution >= 0.6 is 0 Å². The van der Waals surface area contributed by atoms with E-state index in [0.29, 0.717) is 22.1 Å². The monoisotopic (exact) mass is 531 g/mol. The van der Waals surface area contributed by atoms with Crippen molar-refractivity contribution < 1.29 is 48.2 Å². The zero-order chi connectivity index (χ0) is 27.6. The molecule has 3 aliphatic rings. The molecular formula is C23H25N5O10. The van der Waals surface area contributed by atoms with Gasteiger partial charge in [-0.1, -0.05) is 30.3 Å². The van der Waals surface area contributed by atoms with Gasteiger partial charge in [-0.2, -0.15) is 5.06 Å². The number of hydroxylamine groups is 2. The maximum absolute atomic E-state index is 13.3. The Hall–Kier alpha value is -4.53. The smallest absolute Gasteiger partial charge is 0.372 e. The molecule has 1 aromatic carbocycles. The molecule has 3 fully saturated rings. The Morgan fingerprint density at radius 1 is 1.11 bits per heavy atom. The minimum Gasteiger partial charge on any atom is -0.477 e. The number of amides is 6. The van der Waals surface area contributed by atoms with Crippen LogP contribution in [0, 0.1) is 0 Å². The third-order valence-electron chi connectivity index (χ3n) is 6.40. The fourth-order valence-electron chi connectivity index (χ4n) is 4.33. The lowest BCUT2D eigenvalue weighted by Crippen LogP contribution is -2.59. The third kappa shape index (κ3) is 4.74. The molecule has 6 amide bonds. The number of likely N-dealkylation sites (N-methyl/N-ethyl adjacent to an activating group) is 1. The Morgan fingerprint density at radius 3 is 2.42 bits per heavy atom. The van der Waals surface area contributed by atoms with Crippen LogP contribution in [0.2, 0.25) is 0 Å². The molecule has 4 rings (SSSR count). The zero-order valence-electron chi connectivity index (χ0n) is 20.2. The largest absolute Gasteiger partial charge is 0.477 e. The number of hydrogen-bond donors (Lipinski definition) is 3. The van der Waals surface area contributed by atoms with Crippen molar-refractivity contribution in [1.29, 1.82) is 0 Å². The van der Waals surface area contributed by atoms with Gasteiger partial charge < -0.3 is 25.4 Å². The second-order valence-corrected chi connectivity index (χ2v) is 8.69. The van der Waals surface area contributed by atoms with E-state index in [0.717, 1.165) is 0 Å². The first kappa shape index (κ1) is 26.5. The number of carboxylic acids is 1. The molecule has 3 aliphatic heterocycles. The van der Waals surface area contributed by atoms with Crippen molar-refractivity contribution in [1.82, 2.24) is 25.5 Å². The maximum atomic E-state index is 13.3. The van der Waals surface area contributed by atoms with E-state index >= 15 is 0 Å². The van der Waals surface area contributed by atoms with Gasteiger partial charge in [0, 0.05) is 26.1 Å². The molecule has 202 valence electrons. The summed E-state index contributed by atoms with van der Waals surface area (Å²) in [6.07, 6.45) is -0.583. The molecule has 3 atom stereocenters. The second-order valence-electron chi connectivity index (χ2n) is 8.69. The zero-order valence-corrected chi connectivity index (χ0v) is 20.2. The van der Waals surface area contributed by atoms with Gasteiger partial charge in [0.15, 0.2) is 0 Å². The molecule has 0 aliphatic carbocycles. The molecule has 0 spiro atoms. The molecule has 15 nitrogen and oxygen atoms in total. The van der Waals surface area contributed by atoms with Gasteiger partial charge in [-0.05, 0) is 12.5 Å². The number of hydrogen-bond acceptors (Lipinski definition) is 9. The molecular weight excluding hydrogens is 506 g/mol. The lowest BCUT2D eigenvalue weighted by atomic mass is 10.1. The van der Waals surface area contributed by atoms with Gasteiger partial charge in [0.2, 0.25) is 5.91 Å². The van der Waals surface area contributed by atoms with Gasteiger partial charge >= 0.3 is 35.5 Å². The van der Waals surface area contributed by atoms with E-state index in [1.165, 1.54) is 17.0 Å². The highest BCUT2D eigenvalue weighted by molar-refractivity contribution is 6.38. The third-order valence-corrected chi connectivity index (χ3v) is 6.40. The molecule has 38 heavy (non-hydrogen) atoms. The van der Waals surface area contributed by atoms with Gasteiger partial charge in [0.05, 0.1) is 6.42 Å². The van der Waals surface area contributed by atoms with Crippen LogP contribution in [0.15, 0.2) is 30.3 Å². The van der Waals surface area contributed by atoms with E-state index < -0.39 is 66.0 Å². The van der Waals surface area contributed by atoms with Crippen LogP contribution in [0.25, 0.3) is 0 Å². The number of carboxylic acid groups (broad SMARTS) is 1. The lowest BCUT2D eigenvalue weighted by Gasteiger charge is -2.32. The molecule has 0 aromatic heterocycles. The molecule has 3 N–H and O–H groups in total. The first-order chi connectivity index (χ1) is 18.1. The van der Waals surface area contributed by atoms with Crippen LogP contribution in [0.4, 0.5) is 4.79 Å². The van der Waals surface area contributed by atoms with Crippen LogP contribution in [0.1, 0.15) is 31.4 Å². The summed E-state index contributed by atoms with van der Waals surface area (Å²) in [5.41, 5.74) is -2.05. The summed E-state index contributed by atoms with van der Waals surface area (Å²) in [6.45, 7) is 1.59. The molecule has 1 aromatic rings. The number of carbonyl (C=O) groups excluding carboxylic acids is 6. The van der Waals surface area contributed by atoms with Crippen molar-refractivity contribution >= 4 is 41.6 Å². The van der Waals surface area contributed by atoms with E-state index in [1.54, 1.807) is 25.1 Å². The van der Waals surface area contributed by atoms with E-state index in [9.17, 15) is 38.7 Å². The fraction of sp³-hybridized carbons (Fsp3) is 0.435. The van der Waals surface area contributed by atoms with E-state index in [4.69, 9.17) is 9.57 Å². The number of nitrogens with one attached hydrogen (secondary N) is 2. The molecule has 0 saturated carbocycles. The van der Waals surface area contributed by atoms with Crippen molar-refractivity contribution in [3.63, 3.8) is 0 Å². The van der Waals surface area contributed by atoms with Crippen molar-refractivity contribution in [2.24, 2.45) is 0 Å². The Kier molecular flexibility index (Phi) is 7.30. The van der Waals surface area contributed by atoms with Crippen molar-refractivity contribution in [3.05, 3.63) is 35.9 Å². The quantitative estimate of drug-likeness (QED) is 0.276. The number of cyclic esters (lactones) is 1. The van der Waals surface area contributed by atoms with Gasteiger partial charge in [0.1, 0.15) is 18.7 Å². The number of aliphatic carboxylic acids is 1. The van der Waals surface area contributed by atoms with E-state index in [-0.39, 0.29) is 25.9 Å². The molecule has 3 heterocycles. The summed E-state index contributed by atoms with van der Waals surface area (Å²) in [5, 5.41) is 14.9. The Morgan fingerprint density at radius 2 is 1.82 bits per heavy atom. The van der Waals surface area contributed by atoms with Gasteiger partial charge in [-0.15, -0.1) is 0 Å². The number of esters is 1. The van der Waals surface area contributed by atoms with Crippen molar-refractivity contribution in [2.45, 2.75) is 37.6 Å². The van der Waals surface area contributed by atoms with Crippen LogP contribution in [0.3, 0.4) is 0 Å². The molecule has 15 heteroatoms. The van der Waals surface area contributed by atoms with Crippen LogP contribution in [0.5, 0.6) is 0 Å². The number of ether oxygens (including phenoxy) is 1. The fourth-order valence-corrected chi connectivity index (χ4v) is 4.33. The number of nitrogens with zero attached hydrogens (tertiary/aromatic N) is 3. The Labute approximate surface area is 215 Å². The second kappa shape index (κ2) is 10.5. The van der Waals surface area contributed by atoms with Crippen molar-refractivity contribution in [3.8, 4) is 0 Å². The SMILES string of the molecule is CCN1CCN(C(=O)N[C@@H](C(=O)N[C@H]2CON(C3(C(=O)O)CCC(=O)O3)C2=O)c2ccccc2)C(=O)C1=O. The lowest BCUT2D eigenvalue weighted by molar-refractivity contribution is -0.256. The van der Waals surface area contributed by atoms with Crippen LogP contribution in [-0.2, 0) is 38.3 Å². The number of rotatable bonds is 7. The van der Waals surface area contributed by atoms with E-state index in [2.05, 4.69) is 10.6 Å². The average Bonchev–Trinajstić information content (AvgIpc) is 3.47. The van der Waals surface area contributed by atoms with Crippen LogP contribution in [-0.4, -0.2) is 99.6 Å². The predicted octanol–water partition coefficient (Wildman–Crippen LogP) is -1.50. The standard InChI is InChI=1S/C23H25N5O10/c1-2-26-10-11-27(20(33)19(26)32)22(36)25-16(13-6-4-3-5-7-13)17(30)24-14-12-37-28(18(14)31)23(21(34)35)9-8-15(29)38-23/h3-7,14,16H,2,8-12H2,1H3,(H,24,30)(H,25,36)(H,34,35)/t14-,16+,23?/m0/s1. The summed E-state index contributed by atoms with van der Waals surface area (Å²) in [4.78, 5) is 94.5. The summed E-state index contributed by atoms with van der Waals surface area (Å²) in [6, 6.07) is 4.20. The Bertz CT molecular complexity index is 1190. The normalized spacial score (nSPS) is 24.3. The number of piperazine rings is 1. The maximum Gasteiger partial charge on any atom is 0.372 e. The van der Waals surface area contributed by atoms with Gasteiger partial charge in [-0.25, -0.2) is 9.59 Å². The van der Waals surface area contributed by atoms with Gasteiger partial charge in [0.25, 0.3) is 5.91 Å². The molecule has 0 radical (unpaired) electrons. The first-order valence-electron chi connectivity index (χ1n) is 11.8. The number of imide groups is 1. The van der Waals surface area contributed by atoms with Crippen molar-refractivity contribution in [2.75, 3.05) is 26.2 Å². The number of carbonyl (C=O) groups is 7. The highest BCUT2D eigenvalue weighted by Crippen LogP contribution is 2.34. The summed E-state index contributed by atoms with van der Waals surface area (Å²) >= 11 is 0. The summed E-state index contributed by atoms with van der Waals surface area (Å²) < 4.78 is 4.89. The molecule has 0 bridgehead atoms. The summed E-state index contributed by atoms with van der Waals surface area (Å²) in [7, 11) is 0. The number of benzene rings is 1. The van der Waals surface area contributed by atoms with Crippen LogP contribution < -0.4 is 10.6 Å². The van der Waals surface area contributed by atoms with Gasteiger partial charge in [-0.3, -0.25) is 33.7 Å². The minimum atomic E-state index is -2.35. The highest BCUT2D eigenvalue weighted by Gasteiger charge is 2.59. The number of urea groups is 1. The Balaban J connectivity index is 1.50. The van der Waals surface area contributed by atoms with E-state index in [1.807, 2.05) is 0 Å². The average molecular weight is 531 g/mol. The topological polar surface area (TPSA) is 192 Å². The first-order valence-corrected chi connectivity index (χ1v) is 11.8. The summed E-state index contributed by atoms with van der Waals surface area (Å²) in [5.74, 6) is -6.15. The highest BCUT2D eigenvalue weighted by atomic mass is 16.7. The molecule has 3 saturated heterocycles.